The van der Waals surface area contributed by atoms with E-state index in [0.717, 1.165) is 0 Å². The zero-order valence-corrected chi connectivity index (χ0v) is 7.48. The fourth-order valence-electron chi connectivity index (χ4n) is 1.18. The van der Waals surface area contributed by atoms with Crippen molar-refractivity contribution in [2.75, 3.05) is 0 Å². The van der Waals surface area contributed by atoms with Gasteiger partial charge in [0.05, 0.1) is 0 Å². The molecule has 0 bridgehead atoms. The fraction of sp³-hybridized carbons (Fsp3) is 0. The van der Waals surface area contributed by atoms with E-state index >= 15 is 0 Å². The Kier molecular flexibility index (Phi) is 2.21. The molecular formula is C10H6FNO3. The van der Waals surface area contributed by atoms with Crippen molar-refractivity contribution in [3.8, 4) is 11.3 Å². The molecule has 2 aromatic rings. The summed E-state index contributed by atoms with van der Waals surface area (Å²) >= 11 is 0. The highest BCUT2D eigenvalue weighted by Crippen LogP contribution is 2.24. The van der Waals surface area contributed by atoms with E-state index in [1.54, 1.807) is 30.3 Å². The number of carboxylic acid groups (broad SMARTS) is 1. The second kappa shape index (κ2) is 3.53. The minimum absolute atomic E-state index is 0.159. The van der Waals surface area contributed by atoms with Crippen molar-refractivity contribution < 1.29 is 18.8 Å². The lowest BCUT2D eigenvalue weighted by molar-refractivity contribution is 0.0681. The number of hydrogen-bond acceptors (Lipinski definition) is 3. The second-order valence-corrected chi connectivity index (χ2v) is 2.85. The van der Waals surface area contributed by atoms with E-state index in [1.807, 2.05) is 0 Å². The van der Waals surface area contributed by atoms with Crippen LogP contribution >= 0.6 is 0 Å². The Labute approximate surface area is 83.9 Å². The van der Waals surface area contributed by atoms with Gasteiger partial charge < -0.3 is 9.63 Å². The van der Waals surface area contributed by atoms with Crippen LogP contribution in [0.5, 0.6) is 0 Å². The number of rotatable bonds is 2. The van der Waals surface area contributed by atoms with Gasteiger partial charge in [-0.2, -0.15) is 4.39 Å². The Morgan fingerprint density at radius 2 is 2.00 bits per heavy atom. The molecule has 15 heavy (non-hydrogen) atoms. The van der Waals surface area contributed by atoms with Gasteiger partial charge in [-0.05, 0) is 0 Å². The number of carboxylic acids is 1. The van der Waals surface area contributed by atoms with Gasteiger partial charge in [0, 0.05) is 5.56 Å². The maximum atomic E-state index is 13.4. The van der Waals surface area contributed by atoms with Crippen LogP contribution in [0.1, 0.15) is 10.5 Å². The Morgan fingerprint density at radius 3 is 2.53 bits per heavy atom. The van der Waals surface area contributed by atoms with Gasteiger partial charge in [0.1, 0.15) is 0 Å². The summed E-state index contributed by atoms with van der Waals surface area (Å²) in [6.07, 6.45) is 0. The van der Waals surface area contributed by atoms with Gasteiger partial charge in [-0.15, -0.1) is 0 Å². The summed E-state index contributed by atoms with van der Waals surface area (Å²) in [5.74, 6) is -2.56. The molecule has 4 nitrogen and oxygen atoms in total. The molecule has 0 atom stereocenters. The Hall–Kier alpha value is -2.17. The van der Waals surface area contributed by atoms with Crippen molar-refractivity contribution in [3.63, 3.8) is 0 Å². The van der Waals surface area contributed by atoms with E-state index in [0.29, 0.717) is 5.56 Å². The summed E-state index contributed by atoms with van der Waals surface area (Å²) in [6.45, 7) is 0. The van der Waals surface area contributed by atoms with Gasteiger partial charge in [-0.1, -0.05) is 35.5 Å². The topological polar surface area (TPSA) is 63.3 Å². The molecule has 1 heterocycles. The number of nitrogens with zero attached hydrogens (tertiary/aromatic N) is 1. The van der Waals surface area contributed by atoms with Gasteiger partial charge in [0.25, 0.3) is 0 Å². The molecule has 76 valence electrons. The molecule has 1 aromatic carbocycles. The maximum Gasteiger partial charge on any atom is 0.361 e. The van der Waals surface area contributed by atoms with Crippen LogP contribution in [0.25, 0.3) is 11.3 Å². The van der Waals surface area contributed by atoms with Crippen molar-refractivity contribution in [1.82, 2.24) is 5.16 Å². The molecule has 1 aromatic heterocycles. The Bertz CT molecular complexity index is 493. The van der Waals surface area contributed by atoms with Crippen LogP contribution in [0.2, 0.25) is 0 Å². The molecule has 0 aliphatic heterocycles. The highest BCUT2D eigenvalue weighted by atomic mass is 19.1. The normalized spacial score (nSPS) is 10.2. The van der Waals surface area contributed by atoms with E-state index in [2.05, 4.69) is 9.68 Å². The number of halogens is 1. The van der Waals surface area contributed by atoms with Crippen molar-refractivity contribution in [2.24, 2.45) is 0 Å². The Balaban J connectivity index is 2.52. The molecule has 0 unspecified atom stereocenters. The van der Waals surface area contributed by atoms with E-state index in [4.69, 9.17) is 5.11 Å². The number of aromatic carboxylic acids is 1. The number of carbonyl (C=O) groups is 1. The summed E-state index contributed by atoms with van der Waals surface area (Å²) in [7, 11) is 0. The van der Waals surface area contributed by atoms with Crippen LogP contribution in [-0.4, -0.2) is 16.2 Å². The predicted octanol–water partition coefficient (Wildman–Crippen LogP) is 2.18. The lowest BCUT2D eigenvalue weighted by Crippen LogP contribution is -1.99. The summed E-state index contributed by atoms with van der Waals surface area (Å²) in [6, 6.07) is 8.36. The average Bonchev–Trinajstić information content (AvgIpc) is 2.61. The van der Waals surface area contributed by atoms with E-state index in [1.165, 1.54) is 0 Å². The van der Waals surface area contributed by atoms with Crippen LogP contribution in [0.15, 0.2) is 34.9 Å². The fourth-order valence-corrected chi connectivity index (χ4v) is 1.18. The molecule has 1 N–H and O–H groups in total. The van der Waals surface area contributed by atoms with Crippen molar-refractivity contribution in [2.45, 2.75) is 0 Å². The van der Waals surface area contributed by atoms with Gasteiger partial charge >= 0.3 is 5.97 Å². The third-order valence-electron chi connectivity index (χ3n) is 1.87. The molecule has 5 heteroatoms. The van der Waals surface area contributed by atoms with Crippen LogP contribution in [0, 0.1) is 5.82 Å². The first-order valence-electron chi connectivity index (χ1n) is 4.14. The second-order valence-electron chi connectivity index (χ2n) is 2.85. The first kappa shape index (κ1) is 9.39. The van der Waals surface area contributed by atoms with Gasteiger partial charge in [0.2, 0.25) is 17.3 Å². The van der Waals surface area contributed by atoms with Gasteiger partial charge in [-0.3, -0.25) is 0 Å². The van der Waals surface area contributed by atoms with Gasteiger partial charge in [0.15, 0.2) is 0 Å². The molecule has 0 saturated heterocycles. The first-order chi connectivity index (χ1) is 7.20. The smallest absolute Gasteiger partial charge is 0.361 e. The molecule has 0 aliphatic carbocycles. The van der Waals surface area contributed by atoms with Crippen molar-refractivity contribution in [3.05, 3.63) is 41.8 Å². The summed E-state index contributed by atoms with van der Waals surface area (Å²) in [5, 5.41) is 11.7. The Morgan fingerprint density at radius 1 is 1.33 bits per heavy atom. The molecule has 0 amide bonds. The van der Waals surface area contributed by atoms with Crippen LogP contribution < -0.4 is 0 Å². The zero-order chi connectivity index (χ0) is 10.8. The zero-order valence-electron chi connectivity index (χ0n) is 7.48. The largest absolute Gasteiger partial charge is 0.476 e. The minimum Gasteiger partial charge on any atom is -0.476 e. The molecule has 0 fully saturated rings. The van der Waals surface area contributed by atoms with E-state index < -0.39 is 17.5 Å². The van der Waals surface area contributed by atoms with Crippen molar-refractivity contribution in [1.29, 1.82) is 0 Å². The number of aromatic nitrogens is 1. The molecule has 0 saturated carbocycles. The third-order valence-corrected chi connectivity index (χ3v) is 1.87. The molecular weight excluding hydrogens is 201 g/mol. The summed E-state index contributed by atoms with van der Waals surface area (Å²) < 4.78 is 18.1. The van der Waals surface area contributed by atoms with Gasteiger partial charge in [-0.25, -0.2) is 4.79 Å². The molecule has 0 aliphatic rings. The maximum absolute atomic E-state index is 13.4. The van der Waals surface area contributed by atoms with Crippen LogP contribution in [0.4, 0.5) is 4.39 Å². The molecule has 0 radical (unpaired) electrons. The summed E-state index contributed by atoms with van der Waals surface area (Å²) in [4.78, 5) is 10.5. The van der Waals surface area contributed by atoms with Crippen LogP contribution in [0.3, 0.4) is 0 Å². The lowest BCUT2D eigenvalue weighted by Gasteiger charge is -1.93. The lowest BCUT2D eigenvalue weighted by atomic mass is 10.1. The standard InChI is InChI=1S/C10H6FNO3/c11-7-8(10(13)14)12-15-9(7)6-4-2-1-3-5-6/h1-5H,(H,13,14). The first-order valence-corrected chi connectivity index (χ1v) is 4.14. The highest BCUT2D eigenvalue weighted by molar-refractivity contribution is 5.86. The SMILES string of the molecule is O=C(O)c1noc(-c2ccccc2)c1F. The number of benzene rings is 1. The minimum atomic E-state index is -1.45. The third kappa shape index (κ3) is 1.59. The monoisotopic (exact) mass is 207 g/mol. The highest BCUT2D eigenvalue weighted by Gasteiger charge is 2.22. The van der Waals surface area contributed by atoms with E-state index in [-0.39, 0.29) is 5.76 Å². The molecule has 0 spiro atoms. The molecule has 2 rings (SSSR count). The average molecular weight is 207 g/mol. The summed E-state index contributed by atoms with van der Waals surface area (Å²) in [5.41, 5.74) is -0.246. The van der Waals surface area contributed by atoms with E-state index in [9.17, 15) is 9.18 Å². The van der Waals surface area contributed by atoms with Crippen molar-refractivity contribution >= 4 is 5.97 Å². The van der Waals surface area contributed by atoms with Crippen LogP contribution in [-0.2, 0) is 0 Å². The predicted molar refractivity (Wildman–Crippen MR) is 48.9 cm³/mol. The number of hydrogen-bond donors (Lipinski definition) is 1. The quantitative estimate of drug-likeness (QED) is 0.819.